The van der Waals surface area contributed by atoms with Crippen molar-refractivity contribution in [2.75, 3.05) is 0 Å². The van der Waals surface area contributed by atoms with Crippen molar-refractivity contribution in [1.82, 2.24) is 5.32 Å². The molecule has 0 radical (unpaired) electrons. The van der Waals surface area contributed by atoms with E-state index in [9.17, 15) is 14.4 Å². The van der Waals surface area contributed by atoms with Crippen molar-refractivity contribution in [3.8, 4) is 0 Å². The van der Waals surface area contributed by atoms with E-state index in [1.165, 1.54) is 18.2 Å². The van der Waals surface area contributed by atoms with Crippen LogP contribution in [0.5, 0.6) is 0 Å². The molecule has 0 spiro atoms. The highest BCUT2D eigenvalue weighted by molar-refractivity contribution is 6.43. The van der Waals surface area contributed by atoms with Crippen molar-refractivity contribution in [2.45, 2.75) is 20.0 Å². The number of hydrogen-bond donors (Lipinski definition) is 2. The zero-order chi connectivity index (χ0) is 16.2. The van der Waals surface area contributed by atoms with Crippen LogP contribution in [0.4, 0.5) is 4.79 Å². The Balaban J connectivity index is 2.94. The number of nitrogens with two attached hydrogens (primary N) is 1. The van der Waals surface area contributed by atoms with Crippen LogP contribution in [0.25, 0.3) is 0 Å². The monoisotopic (exact) mass is 332 g/mol. The minimum atomic E-state index is -1.18. The lowest BCUT2D eigenvalue weighted by Crippen LogP contribution is -2.45. The van der Waals surface area contributed by atoms with Crippen LogP contribution < -0.4 is 11.1 Å². The van der Waals surface area contributed by atoms with Crippen LogP contribution in [0.1, 0.15) is 24.2 Å². The van der Waals surface area contributed by atoms with Gasteiger partial charge in [-0.25, -0.2) is 9.59 Å². The molecule has 1 rings (SSSR count). The van der Waals surface area contributed by atoms with Gasteiger partial charge in [0, 0.05) is 0 Å². The number of carbonyl (C=O) groups excluding carboxylic acids is 3. The number of imide groups is 1. The van der Waals surface area contributed by atoms with E-state index >= 15 is 0 Å². The van der Waals surface area contributed by atoms with E-state index in [0.29, 0.717) is 0 Å². The SMILES string of the molecule is CC(C)[C@@H](OC(=O)c1cccc(Cl)c1Cl)C(=O)NC(N)=O. The van der Waals surface area contributed by atoms with Crippen LogP contribution in [-0.4, -0.2) is 24.0 Å². The molecule has 0 bridgehead atoms. The van der Waals surface area contributed by atoms with Crippen LogP contribution in [0, 0.1) is 5.92 Å². The molecule has 0 fully saturated rings. The standard InChI is InChI=1S/C13H14Cl2N2O4/c1-6(2)10(11(18)17-13(16)20)21-12(19)7-4-3-5-8(14)9(7)15/h3-6,10H,1-2H3,(H3,16,17,18,20)/t10-/m1/s1. The second-order valence-electron chi connectivity index (χ2n) is 4.52. The predicted octanol–water partition coefficient (Wildman–Crippen LogP) is 2.37. The highest BCUT2D eigenvalue weighted by atomic mass is 35.5. The molecule has 0 aliphatic heterocycles. The van der Waals surface area contributed by atoms with Gasteiger partial charge < -0.3 is 10.5 Å². The predicted molar refractivity (Wildman–Crippen MR) is 78.2 cm³/mol. The molecule has 0 heterocycles. The van der Waals surface area contributed by atoms with Crippen molar-refractivity contribution < 1.29 is 19.1 Å². The number of urea groups is 1. The van der Waals surface area contributed by atoms with Gasteiger partial charge in [0.2, 0.25) is 0 Å². The smallest absolute Gasteiger partial charge is 0.340 e. The third-order valence-electron chi connectivity index (χ3n) is 2.52. The summed E-state index contributed by atoms with van der Waals surface area (Å²) in [5, 5.41) is 2.09. The van der Waals surface area contributed by atoms with Crippen molar-refractivity contribution in [2.24, 2.45) is 11.7 Å². The van der Waals surface area contributed by atoms with E-state index in [0.717, 1.165) is 0 Å². The molecule has 1 aromatic rings. The van der Waals surface area contributed by atoms with Crippen LogP contribution in [0.3, 0.4) is 0 Å². The second kappa shape index (κ2) is 7.28. The number of ether oxygens (including phenoxy) is 1. The normalized spacial score (nSPS) is 11.9. The molecule has 1 aromatic carbocycles. The van der Waals surface area contributed by atoms with Gasteiger partial charge in [-0.05, 0) is 18.1 Å². The molecule has 21 heavy (non-hydrogen) atoms. The summed E-state index contributed by atoms with van der Waals surface area (Å²) >= 11 is 11.7. The van der Waals surface area contributed by atoms with Gasteiger partial charge >= 0.3 is 12.0 Å². The molecule has 8 heteroatoms. The van der Waals surface area contributed by atoms with Gasteiger partial charge in [0.05, 0.1) is 15.6 Å². The van der Waals surface area contributed by atoms with E-state index < -0.39 is 24.0 Å². The number of halogens is 2. The molecule has 0 saturated heterocycles. The van der Waals surface area contributed by atoms with Gasteiger partial charge in [-0.3, -0.25) is 10.1 Å². The minimum Gasteiger partial charge on any atom is -0.448 e. The number of rotatable bonds is 4. The number of benzene rings is 1. The Morgan fingerprint density at radius 2 is 1.86 bits per heavy atom. The fraction of sp³-hybridized carbons (Fsp3) is 0.308. The Labute approximate surface area is 131 Å². The first-order valence-corrected chi connectivity index (χ1v) is 6.75. The summed E-state index contributed by atoms with van der Waals surface area (Å²) in [5.74, 6) is -1.99. The Hall–Kier alpha value is -1.79. The van der Waals surface area contributed by atoms with Gasteiger partial charge in [0.15, 0.2) is 6.10 Å². The summed E-state index contributed by atoms with van der Waals surface area (Å²) in [7, 11) is 0. The lowest BCUT2D eigenvalue weighted by molar-refractivity contribution is -0.130. The van der Waals surface area contributed by atoms with Gasteiger partial charge in [-0.1, -0.05) is 43.1 Å². The first-order valence-electron chi connectivity index (χ1n) is 5.99. The number of primary amides is 1. The number of esters is 1. The molecule has 0 aromatic heterocycles. The molecule has 3 N–H and O–H groups in total. The van der Waals surface area contributed by atoms with E-state index in [1.807, 2.05) is 5.32 Å². The van der Waals surface area contributed by atoms with Crippen LogP contribution in [0.2, 0.25) is 10.0 Å². The van der Waals surface area contributed by atoms with Gasteiger partial charge in [-0.15, -0.1) is 0 Å². The summed E-state index contributed by atoms with van der Waals surface area (Å²) < 4.78 is 5.09. The molecule has 3 amide bonds. The van der Waals surface area contributed by atoms with Crippen molar-refractivity contribution in [1.29, 1.82) is 0 Å². The Kier molecular flexibility index (Phi) is 5.99. The fourth-order valence-electron chi connectivity index (χ4n) is 1.53. The third-order valence-corrected chi connectivity index (χ3v) is 3.33. The second-order valence-corrected chi connectivity index (χ2v) is 5.31. The first kappa shape index (κ1) is 17.3. The van der Waals surface area contributed by atoms with Crippen LogP contribution >= 0.6 is 23.2 Å². The number of nitrogens with one attached hydrogen (secondary N) is 1. The van der Waals surface area contributed by atoms with E-state index in [-0.39, 0.29) is 21.5 Å². The molecular formula is C13H14Cl2N2O4. The lowest BCUT2D eigenvalue weighted by Gasteiger charge is -2.20. The van der Waals surface area contributed by atoms with Crippen LogP contribution in [-0.2, 0) is 9.53 Å². The average molecular weight is 333 g/mol. The van der Waals surface area contributed by atoms with Gasteiger partial charge in [-0.2, -0.15) is 0 Å². The van der Waals surface area contributed by atoms with Crippen molar-refractivity contribution in [3.05, 3.63) is 33.8 Å². The molecule has 0 aliphatic rings. The zero-order valence-corrected chi connectivity index (χ0v) is 12.9. The highest BCUT2D eigenvalue weighted by Crippen LogP contribution is 2.26. The molecule has 0 aliphatic carbocycles. The molecule has 114 valence electrons. The van der Waals surface area contributed by atoms with E-state index in [4.69, 9.17) is 33.7 Å². The van der Waals surface area contributed by atoms with E-state index in [2.05, 4.69) is 0 Å². The maximum atomic E-state index is 12.1. The summed E-state index contributed by atoms with van der Waals surface area (Å²) in [6.45, 7) is 3.30. The van der Waals surface area contributed by atoms with Crippen molar-refractivity contribution >= 4 is 41.1 Å². The molecular weight excluding hydrogens is 319 g/mol. The number of hydrogen-bond acceptors (Lipinski definition) is 4. The topological polar surface area (TPSA) is 98.5 Å². The first-order chi connectivity index (χ1) is 9.73. The van der Waals surface area contributed by atoms with Crippen LogP contribution in [0.15, 0.2) is 18.2 Å². The summed E-state index contributed by atoms with van der Waals surface area (Å²) in [6, 6.07) is 3.43. The molecule has 1 atom stereocenters. The average Bonchev–Trinajstić information content (AvgIpc) is 2.37. The number of amides is 3. The zero-order valence-electron chi connectivity index (χ0n) is 11.4. The van der Waals surface area contributed by atoms with Gasteiger partial charge in [0.25, 0.3) is 5.91 Å². The quantitative estimate of drug-likeness (QED) is 0.827. The highest BCUT2D eigenvalue weighted by Gasteiger charge is 2.28. The summed E-state index contributed by atoms with van der Waals surface area (Å²) in [6.07, 6.45) is -1.18. The molecule has 0 saturated carbocycles. The lowest BCUT2D eigenvalue weighted by atomic mass is 10.1. The Bertz CT molecular complexity index is 575. The van der Waals surface area contributed by atoms with Crippen molar-refractivity contribution in [3.63, 3.8) is 0 Å². The van der Waals surface area contributed by atoms with Gasteiger partial charge in [0.1, 0.15) is 0 Å². The number of carbonyl (C=O) groups is 3. The van der Waals surface area contributed by atoms with E-state index in [1.54, 1.807) is 13.8 Å². The minimum absolute atomic E-state index is 0.0293. The molecule has 6 nitrogen and oxygen atoms in total. The Morgan fingerprint density at radius 3 is 2.38 bits per heavy atom. The maximum absolute atomic E-state index is 12.1. The Morgan fingerprint density at radius 1 is 1.24 bits per heavy atom. The molecule has 0 unspecified atom stereocenters. The largest absolute Gasteiger partial charge is 0.448 e. The fourth-order valence-corrected chi connectivity index (χ4v) is 1.90. The summed E-state index contributed by atoms with van der Waals surface area (Å²) in [4.78, 5) is 34.5. The maximum Gasteiger partial charge on any atom is 0.340 e. The third kappa shape index (κ3) is 4.61. The summed E-state index contributed by atoms with van der Waals surface area (Å²) in [5.41, 5.74) is 4.90.